The molecule has 0 bridgehead atoms. The van der Waals surface area contributed by atoms with Crippen LogP contribution in [-0.2, 0) is 0 Å². The Balaban J connectivity index is 2.25. The molecule has 1 fully saturated rings. The molecule has 2 N–H and O–H groups in total. The van der Waals surface area contributed by atoms with E-state index < -0.39 is 0 Å². The van der Waals surface area contributed by atoms with Crippen LogP contribution in [0.4, 0.5) is 0 Å². The molecule has 1 aromatic carbocycles. The lowest BCUT2D eigenvalue weighted by Crippen LogP contribution is -2.24. The largest absolute Gasteiger partial charge is 0.257 e. The monoisotopic (exact) mass is 216 g/mol. The normalized spacial score (nSPS) is 22.2. The first-order chi connectivity index (χ1) is 6.27. The van der Waals surface area contributed by atoms with E-state index in [9.17, 15) is 0 Å². The number of benzene rings is 1. The van der Waals surface area contributed by atoms with Crippen molar-refractivity contribution in [1.29, 1.82) is 0 Å². The van der Waals surface area contributed by atoms with E-state index in [0.29, 0.717) is 16.1 Å². The van der Waals surface area contributed by atoms with E-state index >= 15 is 0 Å². The highest BCUT2D eigenvalue weighted by molar-refractivity contribution is 6.42. The first kappa shape index (κ1) is 9.28. The first-order valence-corrected chi connectivity index (χ1v) is 4.96. The highest BCUT2D eigenvalue weighted by Crippen LogP contribution is 2.27. The van der Waals surface area contributed by atoms with Gasteiger partial charge in [0.25, 0.3) is 0 Å². The second kappa shape index (κ2) is 3.84. The maximum absolute atomic E-state index is 5.91. The molecule has 1 aliphatic heterocycles. The van der Waals surface area contributed by atoms with Crippen LogP contribution >= 0.6 is 23.2 Å². The molecule has 1 aliphatic rings. The van der Waals surface area contributed by atoms with Gasteiger partial charge in [-0.05, 0) is 24.1 Å². The van der Waals surface area contributed by atoms with E-state index in [4.69, 9.17) is 23.2 Å². The zero-order valence-electron chi connectivity index (χ0n) is 6.98. The predicted octanol–water partition coefficient (Wildman–Crippen LogP) is 2.53. The minimum absolute atomic E-state index is 0.356. The maximum atomic E-state index is 5.91. The van der Waals surface area contributed by atoms with Gasteiger partial charge in [-0.25, -0.2) is 0 Å². The third-order valence-corrected chi connectivity index (χ3v) is 2.92. The fourth-order valence-corrected chi connectivity index (χ4v) is 1.77. The number of nitrogens with one attached hydrogen (secondary N) is 2. The van der Waals surface area contributed by atoms with Gasteiger partial charge in [-0.3, -0.25) is 10.9 Å². The highest BCUT2D eigenvalue weighted by atomic mass is 35.5. The van der Waals surface area contributed by atoms with Gasteiger partial charge < -0.3 is 0 Å². The Bertz CT molecular complexity index is 308. The third kappa shape index (κ3) is 1.97. The Morgan fingerprint density at radius 2 is 2.08 bits per heavy atom. The summed E-state index contributed by atoms with van der Waals surface area (Å²) in [5, 5.41) is 1.23. The van der Waals surface area contributed by atoms with Gasteiger partial charge in [0, 0.05) is 12.6 Å². The van der Waals surface area contributed by atoms with E-state index in [1.807, 2.05) is 18.2 Å². The van der Waals surface area contributed by atoms with Crippen molar-refractivity contribution in [2.75, 3.05) is 6.54 Å². The van der Waals surface area contributed by atoms with E-state index in [2.05, 4.69) is 10.9 Å². The molecule has 13 heavy (non-hydrogen) atoms. The Hall–Kier alpha value is -0.280. The second-order valence-electron chi connectivity index (χ2n) is 3.09. The number of hydrazine groups is 1. The molecular weight excluding hydrogens is 207 g/mol. The molecule has 0 saturated carbocycles. The van der Waals surface area contributed by atoms with Crippen LogP contribution in [0, 0.1) is 0 Å². The van der Waals surface area contributed by atoms with Gasteiger partial charge in [0.2, 0.25) is 0 Å². The van der Waals surface area contributed by atoms with E-state index in [1.54, 1.807) is 0 Å². The van der Waals surface area contributed by atoms with Crippen LogP contribution in [0.3, 0.4) is 0 Å². The van der Waals surface area contributed by atoms with Crippen molar-refractivity contribution in [2.45, 2.75) is 12.5 Å². The van der Waals surface area contributed by atoms with Crippen LogP contribution in [0.25, 0.3) is 0 Å². The minimum Gasteiger partial charge on any atom is -0.257 e. The summed E-state index contributed by atoms with van der Waals surface area (Å²) in [4.78, 5) is 0. The molecule has 70 valence electrons. The summed E-state index contributed by atoms with van der Waals surface area (Å²) in [6.07, 6.45) is 1.08. The van der Waals surface area contributed by atoms with Crippen molar-refractivity contribution in [1.82, 2.24) is 10.9 Å². The molecule has 2 nitrogen and oxygen atoms in total. The zero-order valence-corrected chi connectivity index (χ0v) is 8.49. The second-order valence-corrected chi connectivity index (χ2v) is 3.90. The summed E-state index contributed by atoms with van der Waals surface area (Å²) < 4.78 is 0. The van der Waals surface area contributed by atoms with Crippen LogP contribution in [-0.4, -0.2) is 6.54 Å². The molecule has 1 atom stereocenters. The van der Waals surface area contributed by atoms with Crippen molar-refractivity contribution in [3.05, 3.63) is 33.8 Å². The Morgan fingerprint density at radius 3 is 2.69 bits per heavy atom. The number of halogens is 2. The molecule has 1 aromatic rings. The third-order valence-electron chi connectivity index (χ3n) is 2.18. The summed E-state index contributed by atoms with van der Waals surface area (Å²) in [6, 6.07) is 6.10. The van der Waals surface area contributed by atoms with Gasteiger partial charge in [0.1, 0.15) is 0 Å². The fourth-order valence-electron chi connectivity index (χ4n) is 1.46. The Morgan fingerprint density at radius 1 is 1.23 bits per heavy atom. The van der Waals surface area contributed by atoms with E-state index in [-0.39, 0.29) is 0 Å². The number of rotatable bonds is 1. The molecule has 1 saturated heterocycles. The first-order valence-electron chi connectivity index (χ1n) is 4.21. The molecule has 4 heteroatoms. The van der Waals surface area contributed by atoms with Gasteiger partial charge in [-0.1, -0.05) is 29.3 Å². The Kier molecular flexibility index (Phi) is 2.74. The van der Waals surface area contributed by atoms with Gasteiger partial charge in [0.15, 0.2) is 0 Å². The molecule has 0 radical (unpaired) electrons. The smallest absolute Gasteiger partial charge is 0.0595 e. The average molecular weight is 217 g/mol. The maximum Gasteiger partial charge on any atom is 0.0595 e. The van der Waals surface area contributed by atoms with Crippen molar-refractivity contribution >= 4 is 23.2 Å². The van der Waals surface area contributed by atoms with Crippen molar-refractivity contribution < 1.29 is 0 Å². The number of hydrogen-bond donors (Lipinski definition) is 2. The molecule has 1 heterocycles. The zero-order chi connectivity index (χ0) is 9.26. The average Bonchev–Trinajstić information content (AvgIpc) is 2.62. The van der Waals surface area contributed by atoms with Crippen molar-refractivity contribution in [3.8, 4) is 0 Å². The topological polar surface area (TPSA) is 24.1 Å². The summed E-state index contributed by atoms with van der Waals surface area (Å²) >= 11 is 11.7. The van der Waals surface area contributed by atoms with Crippen molar-refractivity contribution in [3.63, 3.8) is 0 Å². The molecule has 0 aliphatic carbocycles. The summed E-state index contributed by atoms with van der Waals surface area (Å²) in [7, 11) is 0. The van der Waals surface area contributed by atoms with Gasteiger partial charge in [-0.15, -0.1) is 0 Å². The lowest BCUT2D eigenvalue weighted by molar-refractivity contribution is 0.581. The molecule has 0 spiro atoms. The molecule has 2 rings (SSSR count). The van der Waals surface area contributed by atoms with Crippen LogP contribution in [0.1, 0.15) is 18.0 Å². The standard InChI is InChI=1S/C9H10Cl2N2/c10-7-2-1-6(5-8(7)11)9-3-4-12-13-9/h1-2,5,9,12-13H,3-4H2. The van der Waals surface area contributed by atoms with E-state index in [0.717, 1.165) is 13.0 Å². The van der Waals surface area contributed by atoms with Crippen LogP contribution < -0.4 is 10.9 Å². The fraction of sp³-hybridized carbons (Fsp3) is 0.333. The summed E-state index contributed by atoms with van der Waals surface area (Å²) in [5.74, 6) is 0. The lowest BCUT2D eigenvalue weighted by Gasteiger charge is -2.10. The van der Waals surface area contributed by atoms with Crippen molar-refractivity contribution in [2.24, 2.45) is 0 Å². The lowest BCUT2D eigenvalue weighted by atomic mass is 10.1. The Labute approximate surface area is 87.2 Å². The quantitative estimate of drug-likeness (QED) is 0.755. The SMILES string of the molecule is Clc1ccc(C2CCNN2)cc1Cl. The molecule has 1 unspecified atom stereocenters. The number of hydrogen-bond acceptors (Lipinski definition) is 2. The van der Waals surface area contributed by atoms with Crippen LogP contribution in [0.2, 0.25) is 10.0 Å². The van der Waals surface area contributed by atoms with Gasteiger partial charge in [0.05, 0.1) is 10.0 Å². The molecule has 0 amide bonds. The minimum atomic E-state index is 0.356. The van der Waals surface area contributed by atoms with Crippen LogP contribution in [0.15, 0.2) is 18.2 Å². The summed E-state index contributed by atoms with van der Waals surface area (Å²) in [6.45, 7) is 0.991. The highest BCUT2D eigenvalue weighted by Gasteiger charge is 2.16. The molecular formula is C9H10Cl2N2. The van der Waals surface area contributed by atoms with E-state index in [1.165, 1.54) is 5.56 Å². The van der Waals surface area contributed by atoms with Gasteiger partial charge in [-0.2, -0.15) is 0 Å². The molecule has 0 aromatic heterocycles. The summed E-state index contributed by atoms with van der Waals surface area (Å²) in [5.41, 5.74) is 7.43. The predicted molar refractivity (Wildman–Crippen MR) is 55.0 cm³/mol. The van der Waals surface area contributed by atoms with Crippen LogP contribution in [0.5, 0.6) is 0 Å². The van der Waals surface area contributed by atoms with Gasteiger partial charge >= 0.3 is 0 Å².